The number of Topliss-reactive ketones (excluding diaryl/α,β-unsaturated/α-hetero) is 1. The first-order chi connectivity index (χ1) is 12.6. The highest BCUT2D eigenvalue weighted by atomic mass is 16.5. The minimum absolute atomic E-state index is 0.0299. The molecule has 0 heterocycles. The summed E-state index contributed by atoms with van der Waals surface area (Å²) < 4.78 is 11.1. The Morgan fingerprint density at radius 3 is 2.07 bits per heavy atom. The molecular weight excluding hydrogens is 340 g/mol. The van der Waals surface area contributed by atoms with E-state index in [1.807, 2.05) is 65.0 Å². The van der Waals surface area contributed by atoms with Gasteiger partial charge in [0.15, 0.2) is 0 Å². The predicted octanol–water partition coefficient (Wildman–Crippen LogP) is 5.23. The van der Waals surface area contributed by atoms with Crippen molar-refractivity contribution in [2.45, 2.75) is 40.7 Å². The van der Waals surface area contributed by atoms with Crippen LogP contribution in [0, 0.1) is 10.8 Å². The monoisotopic (exact) mass is 368 g/mol. The van der Waals surface area contributed by atoms with E-state index in [2.05, 4.69) is 0 Å². The van der Waals surface area contributed by atoms with Gasteiger partial charge in [-0.3, -0.25) is 4.79 Å². The van der Waals surface area contributed by atoms with Crippen LogP contribution in [0.15, 0.2) is 54.6 Å². The minimum Gasteiger partial charge on any atom is -0.497 e. The van der Waals surface area contributed by atoms with E-state index in [1.54, 1.807) is 31.4 Å². The quantitative estimate of drug-likeness (QED) is 0.655. The van der Waals surface area contributed by atoms with Gasteiger partial charge in [0.05, 0.1) is 18.1 Å². The first-order valence-electron chi connectivity index (χ1n) is 9.02. The zero-order valence-corrected chi connectivity index (χ0v) is 16.9. The molecule has 0 aliphatic carbocycles. The second-order valence-corrected chi connectivity index (χ2v) is 8.23. The Morgan fingerprint density at radius 2 is 1.52 bits per heavy atom. The van der Waals surface area contributed by atoms with Gasteiger partial charge < -0.3 is 9.47 Å². The van der Waals surface area contributed by atoms with Crippen LogP contribution < -0.4 is 4.74 Å². The molecule has 4 nitrogen and oxygen atoms in total. The molecule has 0 aliphatic rings. The fraction of sp³-hybridized carbons (Fsp3) is 0.391. The topological polar surface area (TPSA) is 52.6 Å². The first kappa shape index (κ1) is 20.7. The van der Waals surface area contributed by atoms with Crippen molar-refractivity contribution in [3.63, 3.8) is 0 Å². The van der Waals surface area contributed by atoms with Crippen LogP contribution in [0.25, 0.3) is 0 Å². The summed E-state index contributed by atoms with van der Waals surface area (Å²) in [5.74, 6) is 0.116. The van der Waals surface area contributed by atoms with Gasteiger partial charge in [0, 0.05) is 5.41 Å². The van der Waals surface area contributed by atoms with E-state index in [1.165, 1.54) is 0 Å². The highest BCUT2D eigenvalue weighted by Gasteiger charge is 2.45. The second kappa shape index (κ2) is 7.95. The first-order valence-corrected chi connectivity index (χ1v) is 9.02. The van der Waals surface area contributed by atoms with Crippen molar-refractivity contribution in [3.8, 4) is 5.75 Å². The zero-order chi connectivity index (χ0) is 20.2. The highest BCUT2D eigenvalue weighted by Crippen LogP contribution is 2.42. The van der Waals surface area contributed by atoms with E-state index in [0.29, 0.717) is 11.3 Å². The maximum atomic E-state index is 13.1. The van der Waals surface area contributed by atoms with Crippen molar-refractivity contribution >= 4 is 11.8 Å². The Labute approximate surface area is 161 Å². The normalized spacial score (nSPS) is 13.0. The van der Waals surface area contributed by atoms with Crippen molar-refractivity contribution in [1.29, 1.82) is 0 Å². The lowest BCUT2D eigenvalue weighted by atomic mass is 9.70. The lowest BCUT2D eigenvalue weighted by Gasteiger charge is -2.37. The molecule has 0 radical (unpaired) electrons. The van der Waals surface area contributed by atoms with Gasteiger partial charge in [0.1, 0.15) is 17.6 Å². The van der Waals surface area contributed by atoms with Gasteiger partial charge in [-0.2, -0.15) is 0 Å². The summed E-state index contributed by atoms with van der Waals surface area (Å²) in [4.78, 5) is 25.9. The van der Waals surface area contributed by atoms with E-state index in [-0.39, 0.29) is 5.78 Å². The van der Waals surface area contributed by atoms with E-state index in [4.69, 9.17) is 9.47 Å². The average molecular weight is 368 g/mol. The molecule has 0 aliphatic heterocycles. The van der Waals surface area contributed by atoms with E-state index in [9.17, 15) is 9.59 Å². The maximum absolute atomic E-state index is 13.1. The van der Waals surface area contributed by atoms with Crippen molar-refractivity contribution in [2.24, 2.45) is 10.8 Å². The molecule has 1 unspecified atom stereocenters. The van der Waals surface area contributed by atoms with Crippen LogP contribution in [0.2, 0.25) is 0 Å². The molecule has 0 amide bonds. The van der Waals surface area contributed by atoms with Gasteiger partial charge in [-0.05, 0) is 37.6 Å². The van der Waals surface area contributed by atoms with Gasteiger partial charge in [-0.15, -0.1) is 0 Å². The lowest BCUT2D eigenvalue weighted by Crippen LogP contribution is -2.41. The van der Waals surface area contributed by atoms with Crippen molar-refractivity contribution in [2.75, 3.05) is 7.11 Å². The van der Waals surface area contributed by atoms with Gasteiger partial charge in [0.25, 0.3) is 0 Å². The summed E-state index contributed by atoms with van der Waals surface area (Å²) in [7, 11) is 1.54. The number of carbonyl (C=O) groups excluding carboxylic acids is 2. The van der Waals surface area contributed by atoms with E-state index in [0.717, 1.165) is 5.56 Å². The number of methoxy groups -OCH3 is 1. The molecule has 27 heavy (non-hydrogen) atoms. The third kappa shape index (κ3) is 4.76. The Kier molecular flexibility index (Phi) is 6.09. The van der Waals surface area contributed by atoms with Crippen LogP contribution in [0.5, 0.6) is 5.75 Å². The molecular formula is C23H28O4. The molecule has 2 rings (SSSR count). The molecule has 2 aromatic carbocycles. The molecule has 0 saturated heterocycles. The predicted molar refractivity (Wildman–Crippen MR) is 106 cm³/mol. The number of hydrogen-bond donors (Lipinski definition) is 0. The maximum Gasteiger partial charge on any atom is 0.338 e. The molecule has 0 saturated carbocycles. The standard InChI is InChI=1S/C23H28O4/c1-22(2,3)21(25)23(4,5)19(16-11-8-7-9-12-16)27-20(24)17-13-10-14-18(15-17)26-6/h7-15,19H,1-6H3. The molecule has 4 heteroatoms. The summed E-state index contributed by atoms with van der Waals surface area (Å²) in [5, 5.41) is 0. The Morgan fingerprint density at radius 1 is 0.889 bits per heavy atom. The Bertz CT molecular complexity index is 801. The molecule has 0 bridgehead atoms. The van der Waals surface area contributed by atoms with Crippen LogP contribution >= 0.6 is 0 Å². The van der Waals surface area contributed by atoms with E-state index >= 15 is 0 Å². The number of esters is 1. The van der Waals surface area contributed by atoms with Crippen molar-refractivity contribution in [3.05, 3.63) is 65.7 Å². The van der Waals surface area contributed by atoms with Gasteiger partial charge in [0.2, 0.25) is 0 Å². The van der Waals surface area contributed by atoms with Gasteiger partial charge >= 0.3 is 5.97 Å². The summed E-state index contributed by atoms with van der Waals surface area (Å²) in [6, 6.07) is 16.2. The molecule has 0 spiro atoms. The molecule has 0 fully saturated rings. The van der Waals surface area contributed by atoms with Crippen LogP contribution in [0.1, 0.15) is 56.6 Å². The summed E-state index contributed by atoms with van der Waals surface area (Å²) in [5.41, 5.74) is -0.279. The zero-order valence-electron chi connectivity index (χ0n) is 16.9. The molecule has 144 valence electrons. The smallest absolute Gasteiger partial charge is 0.338 e. The van der Waals surface area contributed by atoms with Crippen LogP contribution in [-0.2, 0) is 9.53 Å². The molecule has 0 N–H and O–H groups in total. The average Bonchev–Trinajstić information content (AvgIpc) is 2.65. The third-order valence-corrected chi connectivity index (χ3v) is 4.55. The summed E-state index contributed by atoms with van der Waals surface area (Å²) >= 11 is 0. The number of ether oxygens (including phenoxy) is 2. The molecule has 0 aromatic heterocycles. The van der Waals surface area contributed by atoms with Gasteiger partial charge in [-0.1, -0.05) is 57.2 Å². The minimum atomic E-state index is -0.895. The Hall–Kier alpha value is -2.62. The number of hydrogen-bond acceptors (Lipinski definition) is 4. The number of benzene rings is 2. The third-order valence-electron chi connectivity index (χ3n) is 4.55. The fourth-order valence-electron chi connectivity index (χ4n) is 3.27. The number of ketones is 1. The summed E-state index contributed by atoms with van der Waals surface area (Å²) in [6.45, 7) is 9.29. The van der Waals surface area contributed by atoms with Crippen molar-refractivity contribution in [1.82, 2.24) is 0 Å². The highest BCUT2D eigenvalue weighted by molar-refractivity contribution is 5.92. The number of rotatable bonds is 6. The Balaban J connectivity index is 2.42. The van der Waals surface area contributed by atoms with Gasteiger partial charge in [-0.25, -0.2) is 4.79 Å². The summed E-state index contributed by atoms with van der Waals surface area (Å²) in [6.07, 6.45) is -0.705. The second-order valence-electron chi connectivity index (χ2n) is 8.23. The van der Waals surface area contributed by atoms with Crippen LogP contribution in [0.3, 0.4) is 0 Å². The lowest BCUT2D eigenvalue weighted by molar-refractivity contribution is -0.141. The number of carbonyl (C=O) groups is 2. The SMILES string of the molecule is COc1cccc(C(=O)OC(c2ccccc2)C(C)(C)C(=O)C(C)(C)C)c1. The largest absolute Gasteiger partial charge is 0.497 e. The van der Waals surface area contributed by atoms with E-state index < -0.39 is 22.9 Å². The fourth-order valence-corrected chi connectivity index (χ4v) is 3.27. The van der Waals surface area contributed by atoms with Crippen molar-refractivity contribution < 1.29 is 19.1 Å². The van der Waals surface area contributed by atoms with Crippen LogP contribution in [0.4, 0.5) is 0 Å². The molecule has 1 atom stereocenters. The van der Waals surface area contributed by atoms with Crippen LogP contribution in [-0.4, -0.2) is 18.9 Å². The molecule has 2 aromatic rings.